The van der Waals surface area contributed by atoms with Crippen LogP contribution in [0.2, 0.25) is 0 Å². The molecule has 21 heavy (non-hydrogen) atoms. The van der Waals surface area contributed by atoms with E-state index in [1.807, 2.05) is 18.2 Å². The molecule has 0 spiro atoms. The monoisotopic (exact) mass is 282 g/mol. The first-order chi connectivity index (χ1) is 10.2. The minimum atomic E-state index is -0.412. The standard InChI is InChI=1S/C18H18O3/c1-21-14-6-8-15-12(3-2-4-13(15)11-14)5-7-16-17(19)9-10-18(16)20/h2,4-6,8,11,16H,3,7,9-10H2,1H3. The van der Waals surface area contributed by atoms with Crippen molar-refractivity contribution >= 4 is 23.2 Å². The molecule has 0 atom stereocenters. The summed E-state index contributed by atoms with van der Waals surface area (Å²) in [5, 5.41) is 0. The zero-order valence-electron chi connectivity index (χ0n) is 12.1. The van der Waals surface area contributed by atoms with Crippen molar-refractivity contribution < 1.29 is 14.3 Å². The molecule has 0 N–H and O–H groups in total. The smallest absolute Gasteiger partial charge is 0.144 e. The van der Waals surface area contributed by atoms with Gasteiger partial charge in [0.15, 0.2) is 0 Å². The van der Waals surface area contributed by atoms with Crippen LogP contribution < -0.4 is 4.74 Å². The number of hydrogen-bond acceptors (Lipinski definition) is 3. The average molecular weight is 282 g/mol. The predicted octanol–water partition coefficient (Wildman–Crippen LogP) is 3.43. The Morgan fingerprint density at radius 1 is 1.24 bits per heavy atom. The molecule has 0 aromatic heterocycles. The topological polar surface area (TPSA) is 43.4 Å². The van der Waals surface area contributed by atoms with Crippen LogP contribution in [-0.2, 0) is 9.59 Å². The van der Waals surface area contributed by atoms with E-state index in [9.17, 15) is 9.59 Å². The largest absolute Gasteiger partial charge is 0.497 e. The van der Waals surface area contributed by atoms with Gasteiger partial charge in [-0.15, -0.1) is 0 Å². The molecule has 0 aliphatic heterocycles. The summed E-state index contributed by atoms with van der Waals surface area (Å²) in [6, 6.07) is 5.99. The van der Waals surface area contributed by atoms with Gasteiger partial charge < -0.3 is 4.74 Å². The number of fused-ring (bicyclic) bond motifs is 1. The van der Waals surface area contributed by atoms with Crippen molar-refractivity contribution in [3.05, 3.63) is 41.5 Å². The lowest BCUT2D eigenvalue weighted by atomic mass is 9.89. The van der Waals surface area contributed by atoms with Crippen LogP contribution >= 0.6 is 0 Å². The molecule has 1 aromatic rings. The molecule has 3 rings (SSSR count). The zero-order valence-corrected chi connectivity index (χ0v) is 12.1. The molecule has 0 radical (unpaired) electrons. The van der Waals surface area contributed by atoms with Gasteiger partial charge in [-0.25, -0.2) is 0 Å². The van der Waals surface area contributed by atoms with E-state index in [4.69, 9.17) is 4.74 Å². The van der Waals surface area contributed by atoms with Gasteiger partial charge in [-0.3, -0.25) is 9.59 Å². The normalized spacial score (nSPS) is 20.1. The van der Waals surface area contributed by atoms with Gasteiger partial charge in [0.1, 0.15) is 17.3 Å². The van der Waals surface area contributed by atoms with Crippen LogP contribution in [0.15, 0.2) is 30.4 Å². The number of benzene rings is 1. The number of carbonyl (C=O) groups is 2. The Hall–Kier alpha value is -2.16. The summed E-state index contributed by atoms with van der Waals surface area (Å²) in [5.74, 6) is 0.613. The van der Waals surface area contributed by atoms with E-state index in [2.05, 4.69) is 18.2 Å². The van der Waals surface area contributed by atoms with Crippen molar-refractivity contribution in [3.8, 4) is 5.75 Å². The highest BCUT2D eigenvalue weighted by atomic mass is 16.5. The summed E-state index contributed by atoms with van der Waals surface area (Å²) in [5.41, 5.74) is 3.47. The van der Waals surface area contributed by atoms with Crippen LogP contribution in [0.25, 0.3) is 11.6 Å². The number of Topliss-reactive ketones (excluding diaryl/α,β-unsaturated/α-hetero) is 2. The lowest BCUT2D eigenvalue weighted by Crippen LogP contribution is -2.13. The number of rotatable bonds is 3. The highest BCUT2D eigenvalue weighted by Crippen LogP contribution is 2.33. The molecule has 108 valence electrons. The second-order valence-corrected chi connectivity index (χ2v) is 5.51. The van der Waals surface area contributed by atoms with Crippen LogP contribution in [0, 0.1) is 5.92 Å². The molecule has 0 unspecified atom stereocenters. The molecule has 0 saturated heterocycles. The maximum atomic E-state index is 11.7. The van der Waals surface area contributed by atoms with Crippen LogP contribution in [0.5, 0.6) is 5.75 Å². The summed E-state index contributed by atoms with van der Waals surface area (Å²) in [6.45, 7) is 0. The highest BCUT2D eigenvalue weighted by Gasteiger charge is 2.31. The first kappa shape index (κ1) is 13.8. The molecule has 1 fully saturated rings. The van der Waals surface area contributed by atoms with E-state index in [1.165, 1.54) is 5.57 Å². The van der Waals surface area contributed by atoms with Crippen molar-refractivity contribution in [1.82, 2.24) is 0 Å². The van der Waals surface area contributed by atoms with Crippen LogP contribution in [0.3, 0.4) is 0 Å². The Kier molecular flexibility index (Phi) is 3.74. The molecular formula is C18H18O3. The number of methoxy groups -OCH3 is 1. The fourth-order valence-corrected chi connectivity index (χ4v) is 3.01. The van der Waals surface area contributed by atoms with E-state index in [-0.39, 0.29) is 11.6 Å². The lowest BCUT2D eigenvalue weighted by Gasteiger charge is -2.16. The zero-order chi connectivity index (χ0) is 14.8. The first-order valence-electron chi connectivity index (χ1n) is 7.28. The average Bonchev–Trinajstić information content (AvgIpc) is 2.83. The summed E-state index contributed by atoms with van der Waals surface area (Å²) < 4.78 is 5.24. The highest BCUT2D eigenvalue weighted by molar-refractivity contribution is 6.08. The van der Waals surface area contributed by atoms with Crippen molar-refractivity contribution in [1.29, 1.82) is 0 Å². The van der Waals surface area contributed by atoms with Gasteiger partial charge in [-0.1, -0.05) is 24.3 Å². The molecule has 1 aromatic carbocycles. The third-order valence-electron chi connectivity index (χ3n) is 4.23. The number of ether oxygens (including phenoxy) is 1. The van der Waals surface area contributed by atoms with Gasteiger partial charge in [0.25, 0.3) is 0 Å². The fraction of sp³-hybridized carbons (Fsp3) is 0.333. The molecule has 2 aliphatic rings. The van der Waals surface area contributed by atoms with Crippen molar-refractivity contribution in [2.45, 2.75) is 25.7 Å². The van der Waals surface area contributed by atoms with Gasteiger partial charge in [0, 0.05) is 12.8 Å². The molecule has 0 bridgehead atoms. The molecule has 3 heteroatoms. The van der Waals surface area contributed by atoms with E-state index in [0.717, 1.165) is 23.3 Å². The van der Waals surface area contributed by atoms with Crippen molar-refractivity contribution in [2.75, 3.05) is 7.11 Å². The minimum absolute atomic E-state index is 0.0955. The second-order valence-electron chi connectivity index (χ2n) is 5.51. The van der Waals surface area contributed by atoms with Crippen LogP contribution in [0.4, 0.5) is 0 Å². The van der Waals surface area contributed by atoms with Crippen molar-refractivity contribution in [2.24, 2.45) is 5.92 Å². The van der Waals surface area contributed by atoms with E-state index in [0.29, 0.717) is 19.3 Å². The molecule has 0 amide bonds. The molecular weight excluding hydrogens is 264 g/mol. The Morgan fingerprint density at radius 2 is 2.00 bits per heavy atom. The summed E-state index contributed by atoms with van der Waals surface area (Å²) in [6.07, 6.45) is 8.45. The second kappa shape index (κ2) is 5.68. The molecule has 1 saturated carbocycles. The maximum absolute atomic E-state index is 11.7. The summed E-state index contributed by atoms with van der Waals surface area (Å²) in [7, 11) is 1.66. The van der Waals surface area contributed by atoms with Gasteiger partial charge in [0.05, 0.1) is 13.0 Å². The Balaban J connectivity index is 1.84. The minimum Gasteiger partial charge on any atom is -0.497 e. The SMILES string of the molecule is COc1ccc2c(c1)C=CCC2=CCC1C(=O)CCC1=O. The van der Waals surface area contributed by atoms with Crippen molar-refractivity contribution in [3.63, 3.8) is 0 Å². The lowest BCUT2D eigenvalue weighted by molar-refractivity contribution is -0.126. The number of allylic oxidation sites excluding steroid dienone is 3. The fourth-order valence-electron chi connectivity index (χ4n) is 3.01. The predicted molar refractivity (Wildman–Crippen MR) is 82.0 cm³/mol. The number of carbonyl (C=O) groups excluding carboxylic acids is 2. The van der Waals surface area contributed by atoms with Gasteiger partial charge in [0.2, 0.25) is 0 Å². The molecule has 0 heterocycles. The van der Waals surface area contributed by atoms with Gasteiger partial charge in [-0.05, 0) is 41.7 Å². The van der Waals surface area contributed by atoms with E-state index >= 15 is 0 Å². The third-order valence-corrected chi connectivity index (χ3v) is 4.23. The van der Waals surface area contributed by atoms with Gasteiger partial charge >= 0.3 is 0 Å². The number of ketones is 2. The van der Waals surface area contributed by atoms with E-state index in [1.54, 1.807) is 7.11 Å². The quantitative estimate of drug-likeness (QED) is 0.798. The molecule has 3 nitrogen and oxygen atoms in total. The molecule has 2 aliphatic carbocycles. The van der Waals surface area contributed by atoms with Gasteiger partial charge in [-0.2, -0.15) is 0 Å². The Labute approximate surface area is 124 Å². The first-order valence-corrected chi connectivity index (χ1v) is 7.28. The summed E-state index contributed by atoms with van der Waals surface area (Å²) >= 11 is 0. The van der Waals surface area contributed by atoms with Crippen LogP contribution in [-0.4, -0.2) is 18.7 Å². The third kappa shape index (κ3) is 2.68. The Bertz CT molecular complexity index is 636. The van der Waals surface area contributed by atoms with Crippen LogP contribution in [0.1, 0.15) is 36.8 Å². The van der Waals surface area contributed by atoms with E-state index < -0.39 is 5.92 Å². The summed E-state index contributed by atoms with van der Waals surface area (Å²) in [4.78, 5) is 23.4. The number of hydrogen-bond donors (Lipinski definition) is 0. The maximum Gasteiger partial charge on any atom is 0.144 e. The Morgan fingerprint density at radius 3 is 2.71 bits per heavy atom.